The van der Waals surface area contributed by atoms with Crippen LogP contribution in [0.1, 0.15) is 19.8 Å². The molecule has 116 valence electrons. The van der Waals surface area contributed by atoms with Gasteiger partial charge in [-0.25, -0.2) is 4.39 Å². The van der Waals surface area contributed by atoms with Crippen molar-refractivity contribution in [2.45, 2.75) is 49.6 Å². The monoisotopic (exact) mass is 305 g/mol. The highest BCUT2D eigenvalue weighted by molar-refractivity contribution is 5.05. The van der Waals surface area contributed by atoms with E-state index in [9.17, 15) is 39.5 Å². The van der Waals surface area contributed by atoms with E-state index in [0.717, 1.165) is 0 Å². The first-order valence-corrected chi connectivity index (χ1v) is 5.11. The smallest absolute Gasteiger partial charge is 0.330 e. The largest absolute Gasteiger partial charge is 0.381 e. The fourth-order valence-corrected chi connectivity index (χ4v) is 1.17. The number of halogens is 9. The maximum absolute atomic E-state index is 13.0. The van der Waals surface area contributed by atoms with Crippen molar-refractivity contribution in [3.63, 3.8) is 0 Å². The van der Waals surface area contributed by atoms with Crippen LogP contribution in [0, 0.1) is 0 Å². The van der Waals surface area contributed by atoms with E-state index < -0.39 is 49.2 Å². The molecule has 1 atom stereocenters. The van der Waals surface area contributed by atoms with Gasteiger partial charge in [0.2, 0.25) is 0 Å². The summed E-state index contributed by atoms with van der Waals surface area (Å²) in [6.07, 6.45) is -6.32. The van der Waals surface area contributed by atoms with Gasteiger partial charge < -0.3 is 5.73 Å². The van der Waals surface area contributed by atoms with Gasteiger partial charge in [0.1, 0.15) is 0 Å². The van der Waals surface area contributed by atoms with Crippen molar-refractivity contribution < 1.29 is 39.5 Å². The van der Waals surface area contributed by atoms with Gasteiger partial charge in [0, 0.05) is 6.42 Å². The third kappa shape index (κ3) is 2.92. The summed E-state index contributed by atoms with van der Waals surface area (Å²) in [4.78, 5) is 0. The van der Waals surface area contributed by atoms with Crippen LogP contribution in [0.3, 0.4) is 0 Å². The van der Waals surface area contributed by atoms with Crippen molar-refractivity contribution in [3.8, 4) is 0 Å². The molecule has 0 saturated heterocycles. The Hall–Kier alpha value is -0.670. The second-order valence-electron chi connectivity index (χ2n) is 3.98. The van der Waals surface area contributed by atoms with E-state index in [-0.39, 0.29) is 6.92 Å². The Balaban J connectivity index is 5.49. The molecule has 0 fully saturated rings. The highest BCUT2D eigenvalue weighted by atomic mass is 19.4. The molecule has 2 N–H and O–H groups in total. The summed E-state index contributed by atoms with van der Waals surface area (Å²) in [5, 5.41) is 0. The molecule has 0 aromatic rings. The second kappa shape index (κ2) is 5.37. The summed E-state index contributed by atoms with van der Waals surface area (Å²) in [5.74, 6) is -24.3. The molecule has 0 spiro atoms. The second-order valence-corrected chi connectivity index (χ2v) is 3.98. The van der Waals surface area contributed by atoms with Crippen LogP contribution in [0.25, 0.3) is 0 Å². The Morgan fingerprint density at radius 3 is 1.63 bits per heavy atom. The van der Waals surface area contributed by atoms with E-state index in [1.165, 1.54) is 0 Å². The van der Waals surface area contributed by atoms with Gasteiger partial charge in [0.05, 0.1) is 0 Å². The lowest BCUT2D eigenvalue weighted by Gasteiger charge is -2.37. The molecule has 0 heterocycles. The van der Waals surface area contributed by atoms with Crippen LogP contribution in [-0.4, -0.2) is 36.4 Å². The summed E-state index contributed by atoms with van der Waals surface area (Å²) < 4.78 is 115. The predicted octanol–water partition coefficient (Wildman–Crippen LogP) is 3.62. The third-order valence-electron chi connectivity index (χ3n) is 2.47. The Labute approximate surface area is 102 Å². The normalized spacial score (nSPS) is 16.6. The lowest BCUT2D eigenvalue weighted by molar-refractivity contribution is -0.375. The van der Waals surface area contributed by atoms with Gasteiger partial charge >= 0.3 is 23.7 Å². The minimum Gasteiger partial charge on any atom is -0.330 e. The van der Waals surface area contributed by atoms with Crippen LogP contribution in [0.4, 0.5) is 39.5 Å². The highest BCUT2D eigenvalue weighted by Crippen LogP contribution is 2.55. The molecule has 1 unspecified atom stereocenters. The van der Waals surface area contributed by atoms with Crippen LogP contribution in [0.5, 0.6) is 0 Å². The minimum absolute atomic E-state index is 0.123. The summed E-state index contributed by atoms with van der Waals surface area (Å²) >= 11 is 0. The Kier molecular flexibility index (Phi) is 5.18. The first-order chi connectivity index (χ1) is 8.25. The van der Waals surface area contributed by atoms with Crippen LogP contribution < -0.4 is 5.73 Å². The molecule has 0 aliphatic heterocycles. The zero-order chi connectivity index (χ0) is 15.7. The van der Waals surface area contributed by atoms with Crippen LogP contribution in [-0.2, 0) is 0 Å². The van der Waals surface area contributed by atoms with E-state index in [1.807, 2.05) is 0 Å². The maximum Gasteiger partial charge on any atom is 0.381 e. The third-order valence-corrected chi connectivity index (χ3v) is 2.47. The quantitative estimate of drug-likeness (QED) is 0.714. The van der Waals surface area contributed by atoms with Gasteiger partial charge in [-0.1, -0.05) is 0 Å². The number of alkyl halides is 9. The van der Waals surface area contributed by atoms with Crippen molar-refractivity contribution in [2.75, 3.05) is 6.54 Å². The molecule has 0 amide bonds. The Bertz CT molecular complexity index is 300. The van der Waals surface area contributed by atoms with Crippen molar-refractivity contribution in [1.82, 2.24) is 0 Å². The first kappa shape index (κ1) is 18.3. The number of hydrogen-bond donors (Lipinski definition) is 1. The van der Waals surface area contributed by atoms with E-state index >= 15 is 0 Å². The van der Waals surface area contributed by atoms with Gasteiger partial charge in [-0.2, -0.15) is 35.1 Å². The number of rotatable bonds is 7. The minimum atomic E-state index is -6.54. The SMILES string of the molecule is CC(F)C(F)(F)C(F)(F)C(F)(F)C(F)(F)CCCN. The van der Waals surface area contributed by atoms with Gasteiger partial charge in [0.25, 0.3) is 0 Å². The highest BCUT2D eigenvalue weighted by Gasteiger charge is 2.81. The Morgan fingerprint density at radius 1 is 0.895 bits per heavy atom. The molecule has 0 saturated carbocycles. The molecule has 19 heavy (non-hydrogen) atoms. The van der Waals surface area contributed by atoms with Gasteiger partial charge in [0.15, 0.2) is 6.17 Å². The topological polar surface area (TPSA) is 26.0 Å². The molecule has 10 heteroatoms. The average Bonchev–Trinajstić information content (AvgIpc) is 2.25. The summed E-state index contributed by atoms with van der Waals surface area (Å²) in [6, 6.07) is 0. The van der Waals surface area contributed by atoms with Gasteiger partial charge in [-0.15, -0.1) is 0 Å². The van der Waals surface area contributed by atoms with E-state index in [4.69, 9.17) is 5.73 Å². The molecular formula is C9H12F9N. The zero-order valence-corrected chi connectivity index (χ0v) is 9.68. The molecule has 0 radical (unpaired) electrons. The maximum atomic E-state index is 13.0. The van der Waals surface area contributed by atoms with E-state index in [0.29, 0.717) is 0 Å². The van der Waals surface area contributed by atoms with Gasteiger partial charge in [-0.3, -0.25) is 0 Å². The first-order valence-electron chi connectivity index (χ1n) is 5.11. The van der Waals surface area contributed by atoms with Gasteiger partial charge in [-0.05, 0) is 19.9 Å². The lowest BCUT2D eigenvalue weighted by Crippen LogP contribution is -2.64. The molecule has 0 rings (SSSR count). The molecule has 0 aromatic heterocycles. The predicted molar refractivity (Wildman–Crippen MR) is 48.6 cm³/mol. The van der Waals surface area contributed by atoms with Crippen LogP contribution in [0.2, 0.25) is 0 Å². The molecule has 0 bridgehead atoms. The molecule has 1 nitrogen and oxygen atoms in total. The van der Waals surface area contributed by atoms with Crippen molar-refractivity contribution in [2.24, 2.45) is 5.73 Å². The fraction of sp³-hybridized carbons (Fsp3) is 1.00. The molecule has 0 aliphatic rings. The molecule has 0 aromatic carbocycles. The number of hydrogen-bond acceptors (Lipinski definition) is 1. The summed E-state index contributed by atoms with van der Waals surface area (Å²) in [6.45, 7) is -0.644. The summed E-state index contributed by atoms with van der Waals surface area (Å²) in [7, 11) is 0. The summed E-state index contributed by atoms with van der Waals surface area (Å²) in [5.41, 5.74) is 4.75. The van der Waals surface area contributed by atoms with Crippen molar-refractivity contribution in [3.05, 3.63) is 0 Å². The molecular weight excluding hydrogens is 293 g/mol. The van der Waals surface area contributed by atoms with Crippen LogP contribution in [0.15, 0.2) is 0 Å². The fourth-order valence-electron chi connectivity index (χ4n) is 1.17. The average molecular weight is 305 g/mol. The Morgan fingerprint density at radius 2 is 1.32 bits per heavy atom. The van der Waals surface area contributed by atoms with E-state index in [1.54, 1.807) is 0 Å². The van der Waals surface area contributed by atoms with Crippen molar-refractivity contribution in [1.29, 1.82) is 0 Å². The van der Waals surface area contributed by atoms with E-state index in [2.05, 4.69) is 0 Å². The van der Waals surface area contributed by atoms with Crippen LogP contribution >= 0.6 is 0 Å². The zero-order valence-electron chi connectivity index (χ0n) is 9.68. The lowest BCUT2D eigenvalue weighted by atomic mass is 9.94. The number of nitrogens with two attached hydrogens (primary N) is 1. The van der Waals surface area contributed by atoms with Crippen molar-refractivity contribution >= 4 is 0 Å². The molecule has 0 aliphatic carbocycles. The standard InChI is InChI=1S/C9H12F9N/c1-5(10)7(13,14)9(17,18)8(15,16)6(11,12)3-2-4-19/h5H,2-4,19H2,1H3.